The van der Waals surface area contributed by atoms with Gasteiger partial charge in [-0.2, -0.15) is 11.8 Å². The Labute approximate surface area is 142 Å². The molecule has 0 aliphatic carbocycles. The summed E-state index contributed by atoms with van der Waals surface area (Å²) in [5, 5.41) is 5.97. The highest BCUT2D eigenvalue weighted by Crippen LogP contribution is 2.13. The zero-order valence-electron chi connectivity index (χ0n) is 13.6. The molecule has 23 heavy (non-hydrogen) atoms. The quantitative estimate of drug-likeness (QED) is 0.786. The van der Waals surface area contributed by atoms with E-state index < -0.39 is 0 Å². The van der Waals surface area contributed by atoms with Crippen LogP contribution in [0, 0.1) is 0 Å². The fraction of sp³-hybridized carbons (Fsp3) is 0.529. The number of thioether (sulfide) groups is 1. The highest BCUT2D eigenvalue weighted by molar-refractivity contribution is 7.99. The molecule has 1 aliphatic heterocycles. The SMILES string of the molecule is CCSCCC(=O)NC1CCN(C(=O)Nc2ccccc2)CC1. The lowest BCUT2D eigenvalue weighted by molar-refractivity contribution is -0.121. The Morgan fingerprint density at radius 1 is 1.22 bits per heavy atom. The molecular formula is C17H25N3O2S. The molecule has 1 aliphatic rings. The zero-order valence-corrected chi connectivity index (χ0v) is 14.4. The maximum absolute atomic E-state index is 12.2. The lowest BCUT2D eigenvalue weighted by Gasteiger charge is -2.32. The van der Waals surface area contributed by atoms with Gasteiger partial charge in [-0.1, -0.05) is 25.1 Å². The van der Waals surface area contributed by atoms with E-state index in [1.165, 1.54) is 0 Å². The summed E-state index contributed by atoms with van der Waals surface area (Å²) in [6.07, 6.45) is 2.21. The highest BCUT2D eigenvalue weighted by Gasteiger charge is 2.23. The summed E-state index contributed by atoms with van der Waals surface area (Å²) in [7, 11) is 0. The van der Waals surface area contributed by atoms with Gasteiger partial charge < -0.3 is 15.5 Å². The normalized spacial score (nSPS) is 15.3. The van der Waals surface area contributed by atoms with Crippen LogP contribution in [-0.4, -0.2) is 47.5 Å². The second-order valence-corrected chi connectivity index (χ2v) is 6.97. The number of nitrogens with zero attached hydrogens (tertiary/aromatic N) is 1. The minimum atomic E-state index is -0.0691. The smallest absolute Gasteiger partial charge is 0.321 e. The van der Waals surface area contributed by atoms with Gasteiger partial charge in [0.15, 0.2) is 0 Å². The van der Waals surface area contributed by atoms with Crippen LogP contribution in [0.4, 0.5) is 10.5 Å². The molecule has 1 fully saturated rings. The third-order valence-corrected chi connectivity index (χ3v) is 4.75. The molecule has 1 saturated heterocycles. The number of rotatable bonds is 6. The van der Waals surface area contributed by atoms with Gasteiger partial charge in [0.25, 0.3) is 0 Å². The Morgan fingerprint density at radius 2 is 1.91 bits per heavy atom. The second kappa shape index (κ2) is 9.45. The lowest BCUT2D eigenvalue weighted by atomic mass is 10.1. The van der Waals surface area contributed by atoms with Crippen LogP contribution in [0.15, 0.2) is 30.3 Å². The number of anilines is 1. The van der Waals surface area contributed by atoms with Crippen LogP contribution in [0.2, 0.25) is 0 Å². The van der Waals surface area contributed by atoms with Crippen LogP contribution in [0.5, 0.6) is 0 Å². The molecule has 3 amide bonds. The van der Waals surface area contributed by atoms with Gasteiger partial charge in [0, 0.05) is 37.0 Å². The van der Waals surface area contributed by atoms with Crippen molar-refractivity contribution in [1.29, 1.82) is 0 Å². The number of hydrogen-bond donors (Lipinski definition) is 2. The molecule has 0 unspecified atom stereocenters. The molecule has 0 spiro atoms. The van der Waals surface area contributed by atoms with E-state index in [0.717, 1.165) is 30.0 Å². The van der Waals surface area contributed by atoms with Gasteiger partial charge in [-0.3, -0.25) is 4.79 Å². The summed E-state index contributed by atoms with van der Waals surface area (Å²) in [4.78, 5) is 25.8. The molecule has 126 valence electrons. The van der Waals surface area contributed by atoms with Crippen molar-refractivity contribution in [2.45, 2.75) is 32.2 Å². The molecule has 0 radical (unpaired) electrons. The van der Waals surface area contributed by atoms with Crippen molar-refractivity contribution in [3.63, 3.8) is 0 Å². The van der Waals surface area contributed by atoms with Gasteiger partial charge in [-0.05, 0) is 30.7 Å². The number of carbonyl (C=O) groups excluding carboxylic acids is 2. The van der Waals surface area contributed by atoms with Crippen LogP contribution in [0.1, 0.15) is 26.2 Å². The number of nitrogens with one attached hydrogen (secondary N) is 2. The first-order chi connectivity index (χ1) is 11.2. The van der Waals surface area contributed by atoms with Crippen LogP contribution in [0.25, 0.3) is 0 Å². The van der Waals surface area contributed by atoms with E-state index in [-0.39, 0.29) is 18.0 Å². The third kappa shape index (κ3) is 6.14. The predicted molar refractivity (Wildman–Crippen MR) is 95.8 cm³/mol. The van der Waals surface area contributed by atoms with Crippen LogP contribution in [0.3, 0.4) is 0 Å². The van der Waals surface area contributed by atoms with Crippen LogP contribution < -0.4 is 10.6 Å². The van der Waals surface area contributed by atoms with E-state index in [9.17, 15) is 9.59 Å². The first kappa shape index (κ1) is 17.7. The molecule has 1 aromatic carbocycles. The molecule has 0 saturated carbocycles. The van der Waals surface area contributed by atoms with Crippen molar-refractivity contribution in [1.82, 2.24) is 10.2 Å². The van der Waals surface area contributed by atoms with Gasteiger partial charge in [-0.15, -0.1) is 0 Å². The van der Waals surface area contributed by atoms with Gasteiger partial charge in [0.05, 0.1) is 0 Å². The van der Waals surface area contributed by atoms with E-state index in [1.807, 2.05) is 35.2 Å². The topological polar surface area (TPSA) is 61.4 Å². The van der Waals surface area contributed by atoms with Gasteiger partial charge >= 0.3 is 6.03 Å². The molecule has 0 atom stereocenters. The van der Waals surface area contributed by atoms with Crippen LogP contribution >= 0.6 is 11.8 Å². The largest absolute Gasteiger partial charge is 0.353 e. The second-order valence-electron chi connectivity index (χ2n) is 5.57. The number of urea groups is 1. The third-order valence-electron chi connectivity index (χ3n) is 3.85. The Morgan fingerprint density at radius 3 is 2.57 bits per heavy atom. The summed E-state index contributed by atoms with van der Waals surface area (Å²) in [6.45, 7) is 3.44. The summed E-state index contributed by atoms with van der Waals surface area (Å²) >= 11 is 1.78. The van der Waals surface area contributed by atoms with E-state index in [2.05, 4.69) is 17.6 Å². The number of para-hydroxylation sites is 1. The maximum atomic E-state index is 12.2. The minimum absolute atomic E-state index is 0.0691. The lowest BCUT2D eigenvalue weighted by Crippen LogP contribution is -2.47. The average Bonchev–Trinajstić information content (AvgIpc) is 2.56. The number of benzene rings is 1. The van der Waals surface area contributed by atoms with E-state index >= 15 is 0 Å². The summed E-state index contributed by atoms with van der Waals surface area (Å²) in [5.41, 5.74) is 0.807. The number of piperidine rings is 1. The first-order valence-corrected chi connectivity index (χ1v) is 9.32. The Balaban J connectivity index is 1.69. The van der Waals surface area contributed by atoms with Crippen LogP contribution in [-0.2, 0) is 4.79 Å². The van der Waals surface area contributed by atoms with Gasteiger partial charge in [0.1, 0.15) is 0 Å². The zero-order chi connectivity index (χ0) is 16.5. The molecule has 1 heterocycles. The number of hydrogen-bond acceptors (Lipinski definition) is 3. The molecule has 0 bridgehead atoms. The molecule has 2 N–H and O–H groups in total. The molecule has 5 nitrogen and oxygen atoms in total. The first-order valence-electron chi connectivity index (χ1n) is 8.17. The molecule has 1 aromatic rings. The summed E-state index contributed by atoms with van der Waals surface area (Å²) in [6, 6.07) is 9.58. The van der Waals surface area contributed by atoms with E-state index in [0.29, 0.717) is 19.5 Å². The monoisotopic (exact) mass is 335 g/mol. The Hall–Kier alpha value is -1.69. The standard InChI is InChI=1S/C17H25N3O2S/c1-2-23-13-10-16(21)18-15-8-11-20(12-9-15)17(22)19-14-6-4-3-5-7-14/h3-7,15H,2,8-13H2,1H3,(H,18,21)(H,19,22). The van der Waals surface area contributed by atoms with Crippen molar-refractivity contribution in [2.24, 2.45) is 0 Å². The highest BCUT2D eigenvalue weighted by atomic mass is 32.2. The maximum Gasteiger partial charge on any atom is 0.321 e. The predicted octanol–water partition coefficient (Wildman–Crippen LogP) is 2.94. The fourth-order valence-corrected chi connectivity index (χ4v) is 3.18. The number of amides is 3. The Kier molecular flexibility index (Phi) is 7.26. The number of likely N-dealkylation sites (tertiary alicyclic amines) is 1. The molecule has 2 rings (SSSR count). The van der Waals surface area contributed by atoms with Gasteiger partial charge in [-0.25, -0.2) is 4.79 Å². The van der Waals surface area contributed by atoms with E-state index in [1.54, 1.807) is 11.8 Å². The molecular weight excluding hydrogens is 310 g/mol. The van der Waals surface area contributed by atoms with Crippen molar-refractivity contribution in [3.8, 4) is 0 Å². The summed E-state index contributed by atoms with van der Waals surface area (Å²) < 4.78 is 0. The van der Waals surface area contributed by atoms with Gasteiger partial charge in [0.2, 0.25) is 5.91 Å². The average molecular weight is 335 g/mol. The molecule has 0 aromatic heterocycles. The number of carbonyl (C=O) groups is 2. The summed E-state index contributed by atoms with van der Waals surface area (Å²) in [5.74, 6) is 2.04. The molecule has 6 heteroatoms. The van der Waals surface area contributed by atoms with Crippen molar-refractivity contribution in [3.05, 3.63) is 30.3 Å². The Bertz CT molecular complexity index is 502. The van der Waals surface area contributed by atoms with Crippen molar-refractivity contribution >= 4 is 29.4 Å². The van der Waals surface area contributed by atoms with Crippen molar-refractivity contribution in [2.75, 3.05) is 29.9 Å². The van der Waals surface area contributed by atoms with Crippen molar-refractivity contribution < 1.29 is 9.59 Å². The van der Waals surface area contributed by atoms with E-state index in [4.69, 9.17) is 0 Å². The minimum Gasteiger partial charge on any atom is -0.353 e. The fourth-order valence-electron chi connectivity index (χ4n) is 2.56.